The molecule has 0 aliphatic heterocycles. The molecule has 0 aliphatic carbocycles. The summed E-state index contributed by atoms with van der Waals surface area (Å²) >= 11 is 3.43. The molecule has 99 valence electrons. The summed E-state index contributed by atoms with van der Waals surface area (Å²) in [5, 5.41) is 0.871. The SMILES string of the molecule is COC(C)(C)C(C)(C)O[B]c1ccc(CBr)cc1. The van der Waals surface area contributed by atoms with Crippen molar-refractivity contribution in [3.05, 3.63) is 29.8 Å². The van der Waals surface area contributed by atoms with Gasteiger partial charge < -0.3 is 9.39 Å². The molecule has 0 atom stereocenters. The van der Waals surface area contributed by atoms with E-state index >= 15 is 0 Å². The smallest absolute Gasteiger partial charge is 0.330 e. The van der Waals surface area contributed by atoms with Gasteiger partial charge in [0.15, 0.2) is 0 Å². The summed E-state index contributed by atoms with van der Waals surface area (Å²) in [6.07, 6.45) is 0. The maximum absolute atomic E-state index is 5.88. The first-order chi connectivity index (χ1) is 8.32. The Kier molecular flexibility index (Phi) is 5.44. The summed E-state index contributed by atoms with van der Waals surface area (Å²) in [7, 11) is 3.49. The van der Waals surface area contributed by atoms with Crippen LogP contribution in [0.15, 0.2) is 24.3 Å². The average Bonchev–Trinajstić information content (AvgIpc) is 2.36. The van der Waals surface area contributed by atoms with Crippen LogP contribution in [-0.4, -0.2) is 25.8 Å². The van der Waals surface area contributed by atoms with E-state index in [0.29, 0.717) is 0 Å². The minimum Gasteiger partial charge on any atom is -0.427 e. The van der Waals surface area contributed by atoms with Crippen LogP contribution in [0.3, 0.4) is 0 Å². The third-order valence-electron chi connectivity index (χ3n) is 3.58. The van der Waals surface area contributed by atoms with E-state index in [9.17, 15) is 0 Å². The molecule has 0 unspecified atom stereocenters. The van der Waals surface area contributed by atoms with E-state index < -0.39 is 5.60 Å². The van der Waals surface area contributed by atoms with Gasteiger partial charge in [0, 0.05) is 12.4 Å². The van der Waals surface area contributed by atoms with E-state index in [1.165, 1.54) is 5.56 Å². The third kappa shape index (κ3) is 3.84. The van der Waals surface area contributed by atoms with Crippen LogP contribution in [0.25, 0.3) is 0 Å². The minimum absolute atomic E-state index is 0.348. The van der Waals surface area contributed by atoms with Crippen LogP contribution in [0.4, 0.5) is 0 Å². The molecule has 0 N–H and O–H groups in total. The van der Waals surface area contributed by atoms with Crippen molar-refractivity contribution < 1.29 is 9.39 Å². The topological polar surface area (TPSA) is 18.5 Å². The Balaban J connectivity index is 2.64. The van der Waals surface area contributed by atoms with Crippen LogP contribution >= 0.6 is 15.9 Å². The van der Waals surface area contributed by atoms with Crippen molar-refractivity contribution in [1.82, 2.24) is 0 Å². The molecular weight excluding hydrogens is 291 g/mol. The molecule has 18 heavy (non-hydrogen) atoms. The summed E-state index contributed by atoms with van der Waals surface area (Å²) in [6.45, 7) is 8.10. The number of rotatable bonds is 6. The van der Waals surface area contributed by atoms with Crippen molar-refractivity contribution in [1.29, 1.82) is 0 Å². The van der Waals surface area contributed by atoms with Crippen LogP contribution < -0.4 is 5.46 Å². The second kappa shape index (κ2) is 6.22. The summed E-state index contributed by atoms with van der Waals surface area (Å²) in [6, 6.07) is 8.26. The summed E-state index contributed by atoms with van der Waals surface area (Å²) in [5.41, 5.74) is 1.57. The number of methoxy groups -OCH3 is 1. The predicted molar refractivity (Wildman–Crippen MR) is 80.7 cm³/mol. The first-order valence-corrected chi connectivity index (χ1v) is 7.15. The van der Waals surface area contributed by atoms with Gasteiger partial charge >= 0.3 is 7.48 Å². The zero-order valence-corrected chi connectivity index (χ0v) is 13.4. The summed E-state index contributed by atoms with van der Waals surface area (Å²) < 4.78 is 11.4. The van der Waals surface area contributed by atoms with Crippen molar-refractivity contribution in [3.8, 4) is 0 Å². The lowest BCUT2D eigenvalue weighted by atomic mass is 9.82. The molecule has 0 heterocycles. The molecule has 0 aromatic heterocycles. The number of ether oxygens (including phenoxy) is 1. The van der Waals surface area contributed by atoms with E-state index in [1.54, 1.807) is 14.6 Å². The maximum atomic E-state index is 5.88. The van der Waals surface area contributed by atoms with E-state index in [1.807, 2.05) is 39.8 Å². The predicted octanol–water partition coefficient (Wildman–Crippen LogP) is 3.05. The van der Waals surface area contributed by atoms with Crippen LogP contribution in [0.2, 0.25) is 0 Å². The fraction of sp³-hybridized carbons (Fsp3) is 0.571. The van der Waals surface area contributed by atoms with Crippen molar-refractivity contribution in [2.75, 3.05) is 7.11 Å². The van der Waals surface area contributed by atoms with Crippen LogP contribution in [0, 0.1) is 0 Å². The van der Waals surface area contributed by atoms with Gasteiger partial charge in [-0.05, 0) is 33.3 Å². The summed E-state index contributed by atoms with van der Waals surface area (Å²) in [5.74, 6) is 0. The largest absolute Gasteiger partial charge is 0.427 e. The van der Waals surface area contributed by atoms with Gasteiger partial charge in [0.25, 0.3) is 0 Å². The van der Waals surface area contributed by atoms with Gasteiger partial charge in [-0.2, -0.15) is 0 Å². The second-order valence-corrected chi connectivity index (χ2v) is 5.90. The Bertz CT molecular complexity index is 374. The highest BCUT2D eigenvalue weighted by molar-refractivity contribution is 9.08. The van der Waals surface area contributed by atoms with Crippen LogP contribution in [0.5, 0.6) is 0 Å². The monoisotopic (exact) mass is 311 g/mol. The fourth-order valence-corrected chi connectivity index (χ4v) is 1.66. The first kappa shape index (κ1) is 15.7. The number of alkyl halides is 1. The van der Waals surface area contributed by atoms with Gasteiger partial charge in [0.1, 0.15) is 0 Å². The van der Waals surface area contributed by atoms with Crippen molar-refractivity contribution >= 4 is 28.9 Å². The lowest BCUT2D eigenvalue weighted by Gasteiger charge is -2.40. The molecular formula is C14H21BBrO2. The molecule has 2 nitrogen and oxygen atoms in total. The molecule has 0 bridgehead atoms. The highest BCUT2D eigenvalue weighted by atomic mass is 79.9. The van der Waals surface area contributed by atoms with Crippen LogP contribution in [-0.2, 0) is 14.7 Å². The highest BCUT2D eigenvalue weighted by Gasteiger charge is 2.37. The quantitative estimate of drug-likeness (QED) is 0.594. The fourth-order valence-electron chi connectivity index (χ4n) is 1.29. The maximum Gasteiger partial charge on any atom is 0.330 e. The lowest BCUT2D eigenvalue weighted by molar-refractivity contribution is -0.114. The van der Waals surface area contributed by atoms with Crippen LogP contribution in [0.1, 0.15) is 33.3 Å². The summed E-state index contributed by atoms with van der Waals surface area (Å²) in [4.78, 5) is 0. The zero-order valence-electron chi connectivity index (χ0n) is 11.8. The van der Waals surface area contributed by atoms with Gasteiger partial charge in [0.2, 0.25) is 0 Å². The molecule has 0 amide bonds. The Morgan fingerprint density at radius 2 is 1.61 bits per heavy atom. The first-order valence-electron chi connectivity index (χ1n) is 6.03. The molecule has 1 rings (SSSR count). The average molecular weight is 312 g/mol. The van der Waals surface area contributed by atoms with Gasteiger partial charge in [-0.25, -0.2) is 0 Å². The highest BCUT2D eigenvalue weighted by Crippen LogP contribution is 2.27. The Morgan fingerprint density at radius 1 is 1.06 bits per heavy atom. The molecule has 1 radical (unpaired) electrons. The molecule has 1 aromatic carbocycles. The minimum atomic E-state index is -0.393. The van der Waals surface area contributed by atoms with E-state index in [-0.39, 0.29) is 5.60 Å². The van der Waals surface area contributed by atoms with Crippen molar-refractivity contribution in [3.63, 3.8) is 0 Å². The molecule has 0 saturated carbocycles. The third-order valence-corrected chi connectivity index (χ3v) is 4.23. The molecule has 0 fully saturated rings. The van der Waals surface area contributed by atoms with Gasteiger partial charge in [0.05, 0.1) is 11.2 Å². The molecule has 0 aliphatic rings. The number of hydrogen-bond donors (Lipinski definition) is 0. The Labute approximate surface area is 119 Å². The Morgan fingerprint density at radius 3 is 2.06 bits per heavy atom. The van der Waals surface area contributed by atoms with Gasteiger partial charge in [-0.3, -0.25) is 0 Å². The number of hydrogen-bond acceptors (Lipinski definition) is 2. The standard InChI is InChI=1S/C14H21BBrO2/c1-13(2,17-5)14(3,4)18-15-12-8-6-11(10-16)7-9-12/h6-9H,10H2,1-5H3. The molecule has 4 heteroatoms. The molecule has 0 spiro atoms. The molecule has 1 aromatic rings. The van der Waals surface area contributed by atoms with Gasteiger partial charge in [-0.1, -0.05) is 45.7 Å². The van der Waals surface area contributed by atoms with E-state index in [4.69, 9.17) is 9.39 Å². The number of halogens is 1. The second-order valence-electron chi connectivity index (χ2n) is 5.34. The van der Waals surface area contributed by atoms with Crippen molar-refractivity contribution in [2.45, 2.75) is 44.2 Å². The van der Waals surface area contributed by atoms with E-state index in [0.717, 1.165) is 10.8 Å². The normalized spacial score (nSPS) is 12.6. The van der Waals surface area contributed by atoms with Gasteiger partial charge in [-0.15, -0.1) is 0 Å². The zero-order chi connectivity index (χ0) is 13.8. The van der Waals surface area contributed by atoms with E-state index in [2.05, 4.69) is 28.1 Å². The lowest BCUT2D eigenvalue weighted by Crippen LogP contribution is -2.50. The number of benzene rings is 1. The Hall–Kier alpha value is -0.315. The van der Waals surface area contributed by atoms with Crippen molar-refractivity contribution in [2.24, 2.45) is 0 Å². The molecule has 0 saturated heterocycles.